The molecule has 1 amide bonds. The van der Waals surface area contributed by atoms with E-state index >= 15 is 0 Å². The molecule has 0 bridgehead atoms. The van der Waals surface area contributed by atoms with Crippen LogP contribution in [0.1, 0.15) is 6.92 Å². The highest BCUT2D eigenvalue weighted by molar-refractivity contribution is 7.58. The van der Waals surface area contributed by atoms with E-state index in [-0.39, 0.29) is 11.3 Å². The van der Waals surface area contributed by atoms with E-state index < -0.39 is 7.60 Å². The van der Waals surface area contributed by atoms with E-state index in [0.717, 1.165) is 0 Å². The molecule has 0 aliphatic carbocycles. The predicted molar refractivity (Wildman–Crippen MR) is 44.6 cm³/mol. The van der Waals surface area contributed by atoms with Gasteiger partial charge < -0.3 is 14.4 Å². The van der Waals surface area contributed by atoms with Crippen LogP contribution in [0.5, 0.6) is 0 Å². The molecule has 0 aliphatic heterocycles. The van der Waals surface area contributed by atoms with Gasteiger partial charge in [0.05, 0.1) is 0 Å². The normalized spacial score (nSPS) is 10.9. The summed E-state index contributed by atoms with van der Waals surface area (Å²) in [7, 11) is -0.913. The van der Waals surface area contributed by atoms with Gasteiger partial charge >= 0.3 is 7.60 Å². The SMILES string of the molecule is C=C(NC(C)=O)P(=O)(OC)OC. The van der Waals surface area contributed by atoms with Crippen molar-refractivity contribution < 1.29 is 18.4 Å². The number of rotatable bonds is 4. The largest absolute Gasteiger partial charge is 0.376 e. The first kappa shape index (κ1) is 11.4. The van der Waals surface area contributed by atoms with Crippen LogP contribution in [0.25, 0.3) is 0 Å². The molecule has 0 fully saturated rings. The summed E-state index contributed by atoms with van der Waals surface area (Å²) in [6.07, 6.45) is 0. The molecule has 1 N–H and O–H groups in total. The smallest absolute Gasteiger partial charge is 0.320 e. The number of hydrogen-bond donors (Lipinski definition) is 1. The van der Waals surface area contributed by atoms with Crippen molar-refractivity contribution in [3.8, 4) is 0 Å². The maximum Gasteiger partial charge on any atom is 0.376 e. The molecule has 0 radical (unpaired) electrons. The standard InChI is InChI=1S/C6H12NO4P/c1-5(8)7-6(2)12(9,10-3)11-4/h2H2,1,3-4H3,(H,7,8). The van der Waals surface area contributed by atoms with Crippen LogP contribution in [0.2, 0.25) is 0 Å². The lowest BCUT2D eigenvalue weighted by molar-refractivity contribution is -0.118. The summed E-state index contributed by atoms with van der Waals surface area (Å²) in [4.78, 5) is 10.5. The highest BCUT2D eigenvalue weighted by Crippen LogP contribution is 2.52. The first-order valence-electron chi connectivity index (χ1n) is 3.15. The average molecular weight is 193 g/mol. The molecule has 0 spiro atoms. The van der Waals surface area contributed by atoms with E-state index in [1.165, 1.54) is 21.1 Å². The Morgan fingerprint density at radius 3 is 2.08 bits per heavy atom. The molecule has 6 heteroatoms. The maximum absolute atomic E-state index is 11.4. The minimum Gasteiger partial charge on any atom is -0.320 e. The number of nitrogens with one attached hydrogen (secondary N) is 1. The minimum absolute atomic E-state index is 0.0556. The fraction of sp³-hybridized carbons (Fsp3) is 0.500. The average Bonchev–Trinajstić information content (AvgIpc) is 2.02. The lowest BCUT2D eigenvalue weighted by atomic mass is 10.7. The van der Waals surface area contributed by atoms with Crippen LogP contribution >= 0.6 is 7.60 Å². The lowest BCUT2D eigenvalue weighted by Gasteiger charge is -2.15. The number of hydrogen-bond acceptors (Lipinski definition) is 4. The molecule has 0 unspecified atom stereocenters. The fourth-order valence-electron chi connectivity index (χ4n) is 0.567. The Morgan fingerprint density at radius 2 is 1.83 bits per heavy atom. The first-order valence-corrected chi connectivity index (χ1v) is 4.69. The highest BCUT2D eigenvalue weighted by Gasteiger charge is 2.26. The number of carbonyl (C=O) groups is 1. The predicted octanol–water partition coefficient (Wildman–Crippen LogP) is 1.08. The molecular formula is C6H12NO4P. The third-order valence-electron chi connectivity index (χ3n) is 1.13. The van der Waals surface area contributed by atoms with Gasteiger partial charge in [-0.25, -0.2) is 0 Å². The molecule has 0 atom stereocenters. The molecule has 5 nitrogen and oxygen atoms in total. The second kappa shape index (κ2) is 4.40. The van der Waals surface area contributed by atoms with Crippen LogP contribution < -0.4 is 5.32 Å². The Labute approximate surface area is 71.3 Å². The lowest BCUT2D eigenvalue weighted by Crippen LogP contribution is -2.19. The number of amides is 1. The molecule has 0 aliphatic rings. The maximum atomic E-state index is 11.4. The third kappa shape index (κ3) is 2.77. The van der Waals surface area contributed by atoms with Crippen LogP contribution in [0, 0.1) is 0 Å². The van der Waals surface area contributed by atoms with Crippen LogP contribution in [0.3, 0.4) is 0 Å². The zero-order valence-electron chi connectivity index (χ0n) is 7.29. The Hall–Kier alpha value is -0.640. The number of carbonyl (C=O) groups excluding carboxylic acids is 1. The van der Waals surface area contributed by atoms with Gasteiger partial charge in [-0.15, -0.1) is 0 Å². The van der Waals surface area contributed by atoms with E-state index in [1.807, 2.05) is 0 Å². The van der Waals surface area contributed by atoms with Crippen molar-refractivity contribution in [1.82, 2.24) is 5.32 Å². The molecule has 12 heavy (non-hydrogen) atoms. The third-order valence-corrected chi connectivity index (χ3v) is 2.87. The van der Waals surface area contributed by atoms with E-state index in [9.17, 15) is 9.36 Å². The molecule has 0 aromatic rings. The summed E-state index contributed by atoms with van der Waals surface area (Å²) in [5, 5.41) is 2.24. The van der Waals surface area contributed by atoms with E-state index in [2.05, 4.69) is 20.9 Å². The van der Waals surface area contributed by atoms with Crippen LogP contribution in [-0.4, -0.2) is 20.1 Å². The van der Waals surface area contributed by atoms with Gasteiger partial charge in [0.15, 0.2) is 0 Å². The first-order chi connectivity index (χ1) is 5.46. The Bertz CT molecular complexity index is 230. The van der Waals surface area contributed by atoms with Crippen LogP contribution in [0.15, 0.2) is 12.0 Å². The minimum atomic E-state index is -3.35. The zero-order valence-corrected chi connectivity index (χ0v) is 8.18. The summed E-state index contributed by atoms with van der Waals surface area (Å²) < 4.78 is 20.6. The van der Waals surface area contributed by atoms with Gasteiger partial charge in [-0.05, 0) is 0 Å². The second-order valence-electron chi connectivity index (χ2n) is 1.99. The molecule has 0 heterocycles. The summed E-state index contributed by atoms with van der Waals surface area (Å²) in [5.41, 5.74) is -0.0556. The summed E-state index contributed by atoms with van der Waals surface area (Å²) in [5.74, 6) is -0.366. The van der Waals surface area contributed by atoms with Crippen molar-refractivity contribution in [1.29, 1.82) is 0 Å². The molecule has 0 rings (SSSR count). The van der Waals surface area contributed by atoms with Crippen molar-refractivity contribution in [2.75, 3.05) is 14.2 Å². The second-order valence-corrected chi connectivity index (χ2v) is 4.26. The fourth-order valence-corrected chi connectivity index (χ4v) is 1.45. The molecule has 0 saturated carbocycles. The molecule has 70 valence electrons. The van der Waals surface area contributed by atoms with Crippen LogP contribution in [0.4, 0.5) is 0 Å². The van der Waals surface area contributed by atoms with E-state index in [0.29, 0.717) is 0 Å². The van der Waals surface area contributed by atoms with Crippen LogP contribution in [-0.2, 0) is 18.4 Å². The molecule has 0 saturated heterocycles. The van der Waals surface area contributed by atoms with Gasteiger partial charge in [-0.2, -0.15) is 0 Å². The van der Waals surface area contributed by atoms with Crippen molar-refractivity contribution in [3.63, 3.8) is 0 Å². The van der Waals surface area contributed by atoms with Gasteiger partial charge in [0.2, 0.25) is 5.91 Å². The highest BCUT2D eigenvalue weighted by atomic mass is 31.2. The Kier molecular flexibility index (Phi) is 4.17. The van der Waals surface area contributed by atoms with E-state index in [1.54, 1.807) is 0 Å². The van der Waals surface area contributed by atoms with Gasteiger partial charge in [-0.3, -0.25) is 9.36 Å². The summed E-state index contributed by atoms with van der Waals surface area (Å²) in [6, 6.07) is 0. The topological polar surface area (TPSA) is 64.6 Å². The monoisotopic (exact) mass is 193 g/mol. The quantitative estimate of drug-likeness (QED) is 0.678. The molecule has 0 aromatic carbocycles. The van der Waals surface area contributed by atoms with Gasteiger partial charge in [0.25, 0.3) is 0 Å². The van der Waals surface area contributed by atoms with Crippen molar-refractivity contribution >= 4 is 13.5 Å². The Morgan fingerprint density at radius 1 is 1.42 bits per heavy atom. The van der Waals surface area contributed by atoms with E-state index in [4.69, 9.17) is 0 Å². The van der Waals surface area contributed by atoms with Crippen molar-refractivity contribution in [2.24, 2.45) is 0 Å². The summed E-state index contributed by atoms with van der Waals surface area (Å²) >= 11 is 0. The summed E-state index contributed by atoms with van der Waals surface area (Å²) in [6.45, 7) is 4.64. The van der Waals surface area contributed by atoms with Gasteiger partial charge in [-0.1, -0.05) is 6.58 Å². The zero-order chi connectivity index (χ0) is 9.78. The van der Waals surface area contributed by atoms with Gasteiger partial charge in [0, 0.05) is 21.1 Å². The van der Waals surface area contributed by atoms with Crippen molar-refractivity contribution in [3.05, 3.63) is 12.0 Å². The Balaban J connectivity index is 4.44. The molecular weight excluding hydrogens is 181 g/mol. The van der Waals surface area contributed by atoms with Crippen molar-refractivity contribution in [2.45, 2.75) is 6.92 Å². The molecule has 0 aromatic heterocycles. The van der Waals surface area contributed by atoms with Gasteiger partial charge in [0.1, 0.15) is 5.44 Å².